The molecular weight excluding hydrogens is 158 g/mol. The van der Waals surface area contributed by atoms with E-state index in [0.29, 0.717) is 26.0 Å². The number of rotatable bonds is 2. The Hall–Kier alpha value is -0.610. The Morgan fingerprint density at radius 3 is 2.92 bits per heavy atom. The molecule has 1 heterocycles. The third-order valence-electron chi connectivity index (χ3n) is 1.96. The molecule has 4 heteroatoms. The molecule has 2 atom stereocenters. The van der Waals surface area contributed by atoms with Gasteiger partial charge in [-0.25, -0.2) is 0 Å². The molecule has 0 unspecified atom stereocenters. The minimum Gasteiger partial charge on any atom is -0.465 e. The van der Waals surface area contributed by atoms with Crippen LogP contribution in [0.3, 0.4) is 0 Å². The summed E-state index contributed by atoms with van der Waals surface area (Å²) in [6, 6.07) is -0.214. The van der Waals surface area contributed by atoms with Gasteiger partial charge in [-0.3, -0.25) is 4.79 Å². The number of carbonyl (C=O) groups excluding carboxylic acids is 1. The average Bonchev–Trinajstić information content (AvgIpc) is 2.06. The minimum absolute atomic E-state index is 0.204. The summed E-state index contributed by atoms with van der Waals surface area (Å²) in [5, 5.41) is 12.1. The highest BCUT2D eigenvalue weighted by molar-refractivity contribution is 5.75. The third kappa shape index (κ3) is 2.46. The second-order valence-electron chi connectivity index (χ2n) is 2.94. The topological polar surface area (TPSA) is 58.6 Å². The maximum Gasteiger partial charge on any atom is 0.323 e. The summed E-state index contributed by atoms with van der Waals surface area (Å²) in [5.41, 5.74) is 0. The van der Waals surface area contributed by atoms with E-state index < -0.39 is 0 Å². The molecule has 12 heavy (non-hydrogen) atoms. The van der Waals surface area contributed by atoms with Crippen molar-refractivity contribution >= 4 is 5.97 Å². The molecule has 0 aromatic heterocycles. The molecule has 1 rings (SSSR count). The van der Waals surface area contributed by atoms with Crippen LogP contribution in [0, 0.1) is 0 Å². The summed E-state index contributed by atoms with van der Waals surface area (Å²) in [6.45, 7) is 2.69. The van der Waals surface area contributed by atoms with Crippen molar-refractivity contribution in [3.8, 4) is 0 Å². The van der Waals surface area contributed by atoms with E-state index in [1.165, 1.54) is 0 Å². The molecule has 0 saturated carbocycles. The van der Waals surface area contributed by atoms with Gasteiger partial charge in [-0.15, -0.1) is 0 Å². The van der Waals surface area contributed by atoms with E-state index in [4.69, 9.17) is 9.84 Å². The number of aliphatic hydroxyl groups excluding tert-OH is 1. The largest absolute Gasteiger partial charge is 0.465 e. The van der Waals surface area contributed by atoms with E-state index in [-0.39, 0.29) is 18.1 Å². The van der Waals surface area contributed by atoms with Gasteiger partial charge >= 0.3 is 5.97 Å². The molecule has 1 saturated heterocycles. The SMILES string of the molecule is CCOC(=O)[C@H]1CC[C@H](O)CN1. The zero-order valence-corrected chi connectivity index (χ0v) is 7.25. The first-order chi connectivity index (χ1) is 5.74. The van der Waals surface area contributed by atoms with Gasteiger partial charge in [0.15, 0.2) is 0 Å². The lowest BCUT2D eigenvalue weighted by molar-refractivity contribution is -0.146. The molecule has 0 radical (unpaired) electrons. The van der Waals surface area contributed by atoms with Crippen LogP contribution >= 0.6 is 0 Å². The van der Waals surface area contributed by atoms with Crippen LogP contribution in [0.4, 0.5) is 0 Å². The zero-order valence-electron chi connectivity index (χ0n) is 7.25. The fourth-order valence-electron chi connectivity index (χ4n) is 1.29. The number of ether oxygens (including phenoxy) is 1. The molecule has 0 bridgehead atoms. The van der Waals surface area contributed by atoms with E-state index in [1.807, 2.05) is 0 Å². The molecule has 2 N–H and O–H groups in total. The van der Waals surface area contributed by atoms with Crippen molar-refractivity contribution in [2.45, 2.75) is 31.9 Å². The Morgan fingerprint density at radius 2 is 2.42 bits per heavy atom. The molecule has 0 aliphatic carbocycles. The molecule has 0 spiro atoms. The summed E-state index contributed by atoms with van der Waals surface area (Å²) in [4.78, 5) is 11.1. The van der Waals surface area contributed by atoms with Crippen LogP contribution in [0.2, 0.25) is 0 Å². The normalized spacial score (nSPS) is 29.8. The maximum absolute atomic E-state index is 11.1. The van der Waals surface area contributed by atoms with Crippen molar-refractivity contribution in [3.63, 3.8) is 0 Å². The Balaban J connectivity index is 2.29. The van der Waals surface area contributed by atoms with E-state index in [0.717, 1.165) is 0 Å². The Labute approximate surface area is 71.9 Å². The van der Waals surface area contributed by atoms with Crippen LogP contribution in [0.5, 0.6) is 0 Å². The first kappa shape index (κ1) is 9.48. The van der Waals surface area contributed by atoms with Crippen LogP contribution in [-0.2, 0) is 9.53 Å². The second-order valence-corrected chi connectivity index (χ2v) is 2.94. The van der Waals surface area contributed by atoms with Crippen molar-refractivity contribution < 1.29 is 14.6 Å². The monoisotopic (exact) mass is 173 g/mol. The summed E-state index contributed by atoms with van der Waals surface area (Å²) in [5.74, 6) is -0.204. The van der Waals surface area contributed by atoms with Gasteiger partial charge in [-0.1, -0.05) is 0 Å². The smallest absolute Gasteiger partial charge is 0.323 e. The average molecular weight is 173 g/mol. The lowest BCUT2D eigenvalue weighted by atomic mass is 10.0. The number of esters is 1. The third-order valence-corrected chi connectivity index (χ3v) is 1.96. The number of carbonyl (C=O) groups is 1. The predicted octanol–water partition coefficient (Wildman–Crippen LogP) is -0.338. The highest BCUT2D eigenvalue weighted by Gasteiger charge is 2.25. The standard InChI is InChI=1S/C8H15NO3/c1-2-12-8(11)7-4-3-6(10)5-9-7/h6-7,9-10H,2-5H2,1H3/t6-,7+/m0/s1. The molecule has 70 valence electrons. The summed E-state index contributed by atoms with van der Waals surface area (Å²) < 4.78 is 4.83. The van der Waals surface area contributed by atoms with Gasteiger partial charge in [-0.05, 0) is 19.8 Å². The first-order valence-corrected chi connectivity index (χ1v) is 4.32. The number of β-amino-alcohol motifs (C(OH)–C–C–N with tert-alkyl or cyclic N) is 1. The highest BCUT2D eigenvalue weighted by Crippen LogP contribution is 2.08. The van der Waals surface area contributed by atoms with Gasteiger partial charge in [0.2, 0.25) is 0 Å². The number of hydrogen-bond acceptors (Lipinski definition) is 4. The van der Waals surface area contributed by atoms with Gasteiger partial charge in [0, 0.05) is 6.54 Å². The molecule has 4 nitrogen and oxygen atoms in total. The predicted molar refractivity (Wildman–Crippen MR) is 43.7 cm³/mol. The molecule has 0 aromatic rings. The number of piperidine rings is 1. The number of hydrogen-bond donors (Lipinski definition) is 2. The van der Waals surface area contributed by atoms with Crippen LogP contribution in [0.1, 0.15) is 19.8 Å². The Kier molecular flexibility index (Phi) is 3.49. The van der Waals surface area contributed by atoms with E-state index in [9.17, 15) is 4.79 Å². The zero-order chi connectivity index (χ0) is 8.97. The van der Waals surface area contributed by atoms with Gasteiger partial charge in [0.1, 0.15) is 6.04 Å². The summed E-state index contributed by atoms with van der Waals surface area (Å²) in [6.07, 6.45) is 1.03. The Bertz CT molecular complexity index is 152. The Morgan fingerprint density at radius 1 is 1.67 bits per heavy atom. The molecule has 1 aliphatic heterocycles. The lowest BCUT2D eigenvalue weighted by Gasteiger charge is -2.25. The van der Waals surface area contributed by atoms with Crippen LogP contribution in [0.15, 0.2) is 0 Å². The molecule has 1 fully saturated rings. The van der Waals surface area contributed by atoms with E-state index in [1.54, 1.807) is 6.92 Å². The van der Waals surface area contributed by atoms with Crippen molar-refractivity contribution in [2.24, 2.45) is 0 Å². The van der Waals surface area contributed by atoms with Gasteiger partial charge in [-0.2, -0.15) is 0 Å². The van der Waals surface area contributed by atoms with Gasteiger partial charge in [0.25, 0.3) is 0 Å². The van der Waals surface area contributed by atoms with Gasteiger partial charge in [0.05, 0.1) is 12.7 Å². The summed E-state index contributed by atoms with van der Waals surface area (Å²) in [7, 11) is 0. The van der Waals surface area contributed by atoms with Crippen LogP contribution < -0.4 is 5.32 Å². The minimum atomic E-state index is -0.310. The fourth-order valence-corrected chi connectivity index (χ4v) is 1.29. The summed E-state index contributed by atoms with van der Waals surface area (Å²) >= 11 is 0. The molecule has 1 aliphatic rings. The first-order valence-electron chi connectivity index (χ1n) is 4.32. The number of nitrogens with one attached hydrogen (secondary N) is 1. The van der Waals surface area contributed by atoms with Crippen molar-refractivity contribution in [1.29, 1.82) is 0 Å². The van der Waals surface area contributed by atoms with E-state index in [2.05, 4.69) is 5.32 Å². The van der Waals surface area contributed by atoms with E-state index >= 15 is 0 Å². The molecule has 0 aromatic carbocycles. The lowest BCUT2D eigenvalue weighted by Crippen LogP contribution is -2.46. The molecule has 0 amide bonds. The fraction of sp³-hybridized carbons (Fsp3) is 0.875. The number of aliphatic hydroxyl groups is 1. The van der Waals surface area contributed by atoms with Crippen molar-refractivity contribution in [1.82, 2.24) is 5.32 Å². The highest BCUT2D eigenvalue weighted by atomic mass is 16.5. The van der Waals surface area contributed by atoms with Crippen LogP contribution in [-0.4, -0.2) is 36.4 Å². The second kappa shape index (κ2) is 4.42. The maximum atomic E-state index is 11.1. The van der Waals surface area contributed by atoms with Crippen molar-refractivity contribution in [2.75, 3.05) is 13.2 Å². The van der Waals surface area contributed by atoms with Crippen LogP contribution in [0.25, 0.3) is 0 Å². The molecular formula is C8H15NO3. The van der Waals surface area contributed by atoms with Gasteiger partial charge < -0.3 is 15.2 Å². The van der Waals surface area contributed by atoms with Crippen molar-refractivity contribution in [3.05, 3.63) is 0 Å². The quantitative estimate of drug-likeness (QED) is 0.561.